The van der Waals surface area contributed by atoms with Gasteiger partial charge in [-0.1, -0.05) is 36.4 Å². The molecule has 1 fully saturated rings. The minimum absolute atomic E-state index is 0.160. The van der Waals surface area contributed by atoms with Crippen molar-refractivity contribution in [3.05, 3.63) is 84.2 Å². The zero-order chi connectivity index (χ0) is 21.5. The maximum atomic E-state index is 14.1. The number of rotatable bonds is 6. The van der Waals surface area contributed by atoms with Crippen molar-refractivity contribution in [2.75, 3.05) is 37.6 Å². The highest BCUT2D eigenvalue weighted by atomic mass is 19.1. The van der Waals surface area contributed by atoms with E-state index in [4.69, 9.17) is 4.99 Å². The first-order valence-electron chi connectivity index (χ1n) is 10.8. The van der Waals surface area contributed by atoms with Crippen LogP contribution < -0.4 is 10.2 Å². The zero-order valence-electron chi connectivity index (χ0n) is 17.9. The third-order valence-electron chi connectivity index (χ3n) is 5.43. The monoisotopic (exact) mass is 420 g/mol. The molecule has 1 saturated heterocycles. The molecule has 2 aromatic carbocycles. The van der Waals surface area contributed by atoms with Gasteiger partial charge in [0.2, 0.25) is 0 Å². The smallest absolute Gasteiger partial charge is 0.194 e. The van der Waals surface area contributed by atoms with Crippen LogP contribution in [0.25, 0.3) is 0 Å². The molecule has 7 heteroatoms. The topological polar surface area (TPSA) is 48.7 Å². The number of para-hydroxylation sites is 1. The predicted octanol–water partition coefficient (Wildman–Crippen LogP) is 3.36. The minimum Gasteiger partial charge on any atom is -0.366 e. The van der Waals surface area contributed by atoms with Gasteiger partial charge in [0.15, 0.2) is 5.96 Å². The molecule has 1 aliphatic heterocycles. The molecule has 6 nitrogen and oxygen atoms in total. The molecular formula is C24H29FN6. The van der Waals surface area contributed by atoms with Crippen molar-refractivity contribution in [1.29, 1.82) is 0 Å². The fourth-order valence-corrected chi connectivity index (χ4v) is 3.88. The maximum absolute atomic E-state index is 14.1. The zero-order valence-corrected chi connectivity index (χ0v) is 17.9. The molecule has 2 heterocycles. The number of hydrogen-bond acceptors (Lipinski definition) is 3. The van der Waals surface area contributed by atoms with Crippen LogP contribution in [0.5, 0.6) is 0 Å². The Morgan fingerprint density at radius 1 is 1.06 bits per heavy atom. The summed E-state index contributed by atoms with van der Waals surface area (Å²) in [5.74, 6) is 0.753. The first-order valence-corrected chi connectivity index (χ1v) is 10.8. The number of nitrogens with one attached hydrogen (secondary N) is 1. The molecule has 162 valence electrons. The molecule has 0 bridgehead atoms. The van der Waals surface area contributed by atoms with E-state index in [9.17, 15) is 4.39 Å². The van der Waals surface area contributed by atoms with Crippen LogP contribution in [0.3, 0.4) is 0 Å². The maximum Gasteiger partial charge on any atom is 0.194 e. The summed E-state index contributed by atoms with van der Waals surface area (Å²) in [4.78, 5) is 13.4. The molecule has 0 aliphatic carbocycles. The van der Waals surface area contributed by atoms with Crippen molar-refractivity contribution < 1.29 is 4.39 Å². The lowest BCUT2D eigenvalue weighted by Gasteiger charge is -2.37. The number of anilines is 1. The lowest BCUT2D eigenvalue weighted by atomic mass is 10.1. The molecule has 0 amide bonds. The summed E-state index contributed by atoms with van der Waals surface area (Å²) in [6.07, 6.45) is 5.59. The van der Waals surface area contributed by atoms with Gasteiger partial charge in [0, 0.05) is 51.7 Å². The van der Waals surface area contributed by atoms with Crippen molar-refractivity contribution in [2.24, 2.45) is 4.99 Å². The number of aliphatic imine (C=N–C) groups is 1. The van der Waals surface area contributed by atoms with E-state index in [1.165, 1.54) is 17.2 Å². The SMILES string of the molecule is CCNC(=NCc1cccc(Cn2ccnc2)c1)N1CCN(c2ccccc2F)CC1. The Bertz CT molecular complexity index is 993. The largest absolute Gasteiger partial charge is 0.366 e. The van der Waals surface area contributed by atoms with Crippen LogP contribution in [0.2, 0.25) is 0 Å². The molecule has 0 spiro atoms. The van der Waals surface area contributed by atoms with Crippen molar-refractivity contribution >= 4 is 11.6 Å². The van der Waals surface area contributed by atoms with Crippen LogP contribution in [0.1, 0.15) is 18.1 Å². The average molecular weight is 421 g/mol. The molecule has 0 radical (unpaired) electrons. The van der Waals surface area contributed by atoms with Gasteiger partial charge in [0.05, 0.1) is 18.6 Å². The minimum atomic E-state index is -0.160. The Balaban J connectivity index is 1.39. The number of guanidine groups is 1. The van der Waals surface area contributed by atoms with E-state index in [1.807, 2.05) is 24.7 Å². The summed E-state index contributed by atoms with van der Waals surface area (Å²) in [7, 11) is 0. The number of nitrogens with zero attached hydrogens (tertiary/aromatic N) is 5. The van der Waals surface area contributed by atoms with Crippen LogP contribution in [-0.2, 0) is 13.1 Å². The Morgan fingerprint density at radius 2 is 1.87 bits per heavy atom. The highest BCUT2D eigenvalue weighted by Gasteiger charge is 2.21. The van der Waals surface area contributed by atoms with E-state index >= 15 is 0 Å². The summed E-state index contributed by atoms with van der Waals surface area (Å²) >= 11 is 0. The van der Waals surface area contributed by atoms with Gasteiger partial charge in [-0.25, -0.2) is 14.4 Å². The van der Waals surface area contributed by atoms with Crippen molar-refractivity contribution in [3.63, 3.8) is 0 Å². The average Bonchev–Trinajstić information content (AvgIpc) is 3.30. The number of benzene rings is 2. The fourth-order valence-electron chi connectivity index (χ4n) is 3.88. The number of piperazine rings is 1. The molecule has 4 rings (SSSR count). The second kappa shape index (κ2) is 10.1. The van der Waals surface area contributed by atoms with E-state index < -0.39 is 0 Å². The van der Waals surface area contributed by atoms with E-state index in [0.29, 0.717) is 12.2 Å². The highest BCUT2D eigenvalue weighted by molar-refractivity contribution is 5.80. The number of imidazole rings is 1. The van der Waals surface area contributed by atoms with Gasteiger partial charge in [-0.3, -0.25) is 0 Å². The van der Waals surface area contributed by atoms with E-state index in [1.54, 1.807) is 12.3 Å². The van der Waals surface area contributed by atoms with Gasteiger partial charge < -0.3 is 19.7 Å². The van der Waals surface area contributed by atoms with Crippen LogP contribution in [0, 0.1) is 5.82 Å². The van der Waals surface area contributed by atoms with Crippen molar-refractivity contribution in [3.8, 4) is 0 Å². The molecule has 0 saturated carbocycles. The fraction of sp³-hybridized carbons (Fsp3) is 0.333. The molecule has 3 aromatic rings. The first kappa shape index (κ1) is 20.9. The Morgan fingerprint density at radius 3 is 2.61 bits per heavy atom. The second-order valence-electron chi connectivity index (χ2n) is 7.65. The summed E-state index contributed by atoms with van der Waals surface area (Å²) in [6, 6.07) is 15.5. The van der Waals surface area contributed by atoms with Crippen LogP contribution >= 0.6 is 0 Å². The highest BCUT2D eigenvalue weighted by Crippen LogP contribution is 2.20. The molecular weight excluding hydrogens is 391 g/mol. The van der Waals surface area contributed by atoms with Gasteiger partial charge in [-0.15, -0.1) is 0 Å². The summed E-state index contributed by atoms with van der Waals surface area (Å²) < 4.78 is 16.2. The normalized spacial score (nSPS) is 14.7. The van der Waals surface area contributed by atoms with E-state index in [0.717, 1.165) is 45.2 Å². The van der Waals surface area contributed by atoms with Gasteiger partial charge in [0.25, 0.3) is 0 Å². The number of hydrogen-bond donors (Lipinski definition) is 1. The number of aromatic nitrogens is 2. The molecule has 1 N–H and O–H groups in total. The standard InChI is InChI=1S/C24H29FN6/c1-2-27-24(31-14-12-30(13-15-31)23-9-4-3-8-22(23)25)28-17-20-6-5-7-21(16-20)18-29-11-10-26-19-29/h3-11,16,19H,2,12-15,17-18H2,1H3,(H,27,28). The van der Waals surface area contributed by atoms with E-state index in [-0.39, 0.29) is 5.82 Å². The van der Waals surface area contributed by atoms with Gasteiger partial charge in [-0.05, 0) is 30.2 Å². The van der Waals surface area contributed by atoms with Gasteiger partial charge in [-0.2, -0.15) is 0 Å². The van der Waals surface area contributed by atoms with Gasteiger partial charge >= 0.3 is 0 Å². The molecule has 0 atom stereocenters. The summed E-state index contributed by atoms with van der Waals surface area (Å²) in [6.45, 7) is 7.46. The van der Waals surface area contributed by atoms with Crippen molar-refractivity contribution in [1.82, 2.24) is 19.8 Å². The Labute approximate surface area is 183 Å². The van der Waals surface area contributed by atoms with Crippen LogP contribution in [-0.4, -0.2) is 53.1 Å². The number of halogens is 1. The lowest BCUT2D eigenvalue weighted by molar-refractivity contribution is 0.370. The van der Waals surface area contributed by atoms with E-state index in [2.05, 4.69) is 55.9 Å². The quantitative estimate of drug-likeness (QED) is 0.491. The van der Waals surface area contributed by atoms with Gasteiger partial charge in [0.1, 0.15) is 5.82 Å². The Hall–Kier alpha value is -3.35. The second-order valence-corrected chi connectivity index (χ2v) is 7.65. The molecule has 31 heavy (non-hydrogen) atoms. The predicted molar refractivity (Wildman–Crippen MR) is 123 cm³/mol. The molecule has 1 aliphatic rings. The first-order chi connectivity index (χ1) is 15.2. The third-order valence-corrected chi connectivity index (χ3v) is 5.43. The summed E-state index contributed by atoms with van der Waals surface area (Å²) in [5, 5.41) is 3.41. The van der Waals surface area contributed by atoms with Crippen LogP contribution in [0.4, 0.5) is 10.1 Å². The van der Waals surface area contributed by atoms with Crippen LogP contribution in [0.15, 0.2) is 72.2 Å². The third kappa shape index (κ3) is 5.42. The Kier molecular flexibility index (Phi) is 6.82. The lowest BCUT2D eigenvalue weighted by Crippen LogP contribution is -2.52. The van der Waals surface area contributed by atoms with Crippen molar-refractivity contribution in [2.45, 2.75) is 20.0 Å². The summed E-state index contributed by atoms with van der Waals surface area (Å²) in [5.41, 5.74) is 3.09. The molecule has 0 unspecified atom stereocenters. The molecule has 1 aromatic heterocycles.